The van der Waals surface area contributed by atoms with Crippen LogP contribution in [0.5, 0.6) is 0 Å². The first kappa shape index (κ1) is 19.5. The topological polar surface area (TPSA) is 65.5 Å². The number of piperazine rings is 1. The number of aromatic nitrogens is 1. The summed E-state index contributed by atoms with van der Waals surface area (Å²) in [6, 6.07) is 17.6. The van der Waals surface area contributed by atoms with Crippen LogP contribution in [-0.4, -0.2) is 52.8 Å². The summed E-state index contributed by atoms with van der Waals surface area (Å²) in [4.78, 5) is 34.2. The van der Waals surface area contributed by atoms with Gasteiger partial charge >= 0.3 is 0 Å². The van der Waals surface area contributed by atoms with Crippen LogP contribution < -0.4 is 5.32 Å². The Morgan fingerprint density at radius 3 is 2.45 bits per heavy atom. The number of fused-ring (bicyclic) bond motifs is 2. The Labute approximate surface area is 181 Å². The number of amides is 2. The molecule has 3 heterocycles. The van der Waals surface area contributed by atoms with Crippen molar-refractivity contribution in [1.82, 2.24) is 14.8 Å². The summed E-state index contributed by atoms with van der Waals surface area (Å²) in [5.74, 6) is -0.0549. The second-order valence-corrected chi connectivity index (χ2v) is 8.11. The zero-order valence-electron chi connectivity index (χ0n) is 17.4. The third-order valence-corrected chi connectivity index (χ3v) is 6.09. The number of rotatable bonds is 2. The Bertz CT molecular complexity index is 1150. The van der Waals surface area contributed by atoms with E-state index in [1.807, 2.05) is 60.4 Å². The molecule has 2 amide bonds. The largest absolute Gasteiger partial charge is 0.336 e. The Kier molecular flexibility index (Phi) is 5.00. The van der Waals surface area contributed by atoms with Crippen LogP contribution in [0.4, 0.5) is 5.69 Å². The minimum atomic E-state index is -0.0775. The van der Waals surface area contributed by atoms with Gasteiger partial charge in [-0.2, -0.15) is 0 Å². The first-order valence-corrected chi connectivity index (χ1v) is 10.6. The van der Waals surface area contributed by atoms with Crippen LogP contribution in [0, 0.1) is 6.92 Å². The number of nitrogens with zero attached hydrogens (tertiary/aromatic N) is 3. The minimum absolute atomic E-state index is 0.0226. The lowest BCUT2D eigenvalue weighted by Crippen LogP contribution is -2.50. The van der Waals surface area contributed by atoms with Crippen molar-refractivity contribution in [2.24, 2.45) is 0 Å². The summed E-state index contributed by atoms with van der Waals surface area (Å²) in [6.07, 6.45) is 3.39. The van der Waals surface area contributed by atoms with Gasteiger partial charge in [-0.25, -0.2) is 0 Å². The number of anilines is 1. The molecule has 0 radical (unpaired) electrons. The average molecular weight is 412 g/mol. The maximum atomic E-state index is 12.9. The van der Waals surface area contributed by atoms with Gasteiger partial charge in [-0.3, -0.25) is 19.5 Å². The number of hydrogen-bond acceptors (Lipinski definition) is 4. The monoisotopic (exact) mass is 412 g/mol. The van der Waals surface area contributed by atoms with Gasteiger partial charge in [0.15, 0.2) is 0 Å². The molecule has 1 fully saturated rings. The number of carbonyl (C=O) groups is 2. The molecule has 6 nitrogen and oxygen atoms in total. The third-order valence-electron chi connectivity index (χ3n) is 6.09. The highest BCUT2D eigenvalue weighted by molar-refractivity contribution is 6.07. The fourth-order valence-electron chi connectivity index (χ4n) is 4.58. The molecular weight excluding hydrogens is 388 g/mol. The van der Waals surface area contributed by atoms with Crippen molar-refractivity contribution in [1.29, 1.82) is 0 Å². The van der Waals surface area contributed by atoms with Crippen LogP contribution in [-0.2, 0) is 0 Å². The molecule has 156 valence electrons. The van der Waals surface area contributed by atoms with Gasteiger partial charge in [0.25, 0.3) is 11.8 Å². The Morgan fingerprint density at radius 2 is 1.68 bits per heavy atom. The summed E-state index contributed by atoms with van der Waals surface area (Å²) in [6.45, 7) is 4.67. The normalized spacial score (nSPS) is 18.5. The first-order chi connectivity index (χ1) is 15.1. The van der Waals surface area contributed by atoms with Gasteiger partial charge in [-0.1, -0.05) is 36.4 Å². The van der Waals surface area contributed by atoms with E-state index in [2.05, 4.69) is 21.3 Å². The molecule has 1 saturated heterocycles. The second kappa shape index (κ2) is 7.96. The Morgan fingerprint density at radius 1 is 0.968 bits per heavy atom. The molecule has 0 spiro atoms. The molecule has 1 aromatic heterocycles. The van der Waals surface area contributed by atoms with Gasteiger partial charge in [0.2, 0.25) is 0 Å². The summed E-state index contributed by atoms with van der Waals surface area (Å²) < 4.78 is 0. The number of benzene rings is 2. The first-order valence-electron chi connectivity index (χ1n) is 10.6. The number of hydrogen-bond donors (Lipinski definition) is 1. The standard InChI is InChI=1S/C25H24N4O2/c1-17-14-18(16-26-15-17)25(31)29-12-10-28(11-13-29)23-19-6-2-3-7-20(19)24(30)27-22-9-5-4-8-21(22)23/h2-9,14-16,23H,10-13H2,1H3,(H,27,30). The molecule has 6 heteroatoms. The van der Waals surface area contributed by atoms with E-state index in [0.29, 0.717) is 24.2 Å². The van der Waals surface area contributed by atoms with E-state index >= 15 is 0 Å². The van der Waals surface area contributed by atoms with Gasteiger partial charge in [0, 0.05) is 49.8 Å². The van der Waals surface area contributed by atoms with Gasteiger partial charge in [-0.05, 0) is 41.8 Å². The molecule has 3 aromatic rings. The van der Waals surface area contributed by atoms with Gasteiger partial charge < -0.3 is 10.2 Å². The number of pyridine rings is 1. The molecule has 0 bridgehead atoms. The van der Waals surface area contributed by atoms with E-state index in [1.165, 1.54) is 0 Å². The van der Waals surface area contributed by atoms with Crippen LogP contribution in [0.15, 0.2) is 67.0 Å². The number of aryl methyl sites for hydroxylation is 1. The zero-order valence-corrected chi connectivity index (χ0v) is 17.4. The molecule has 1 atom stereocenters. The quantitative estimate of drug-likeness (QED) is 0.700. The van der Waals surface area contributed by atoms with Crippen molar-refractivity contribution in [3.8, 4) is 0 Å². The minimum Gasteiger partial charge on any atom is -0.336 e. The van der Waals surface area contributed by atoms with E-state index < -0.39 is 0 Å². The number of carbonyl (C=O) groups excluding carboxylic acids is 2. The molecule has 2 aromatic carbocycles. The van der Waals surface area contributed by atoms with E-state index in [1.54, 1.807) is 12.4 Å². The highest BCUT2D eigenvalue weighted by Gasteiger charge is 2.34. The summed E-state index contributed by atoms with van der Waals surface area (Å²) in [7, 11) is 0. The van der Waals surface area contributed by atoms with Crippen molar-refractivity contribution in [2.45, 2.75) is 13.0 Å². The van der Waals surface area contributed by atoms with Crippen LogP contribution in [0.25, 0.3) is 0 Å². The fourth-order valence-corrected chi connectivity index (χ4v) is 4.58. The van der Waals surface area contributed by atoms with Crippen molar-refractivity contribution in [3.63, 3.8) is 0 Å². The van der Waals surface area contributed by atoms with Gasteiger partial charge in [-0.15, -0.1) is 0 Å². The lowest BCUT2D eigenvalue weighted by atomic mass is 9.93. The molecule has 1 N–H and O–H groups in total. The molecule has 0 aliphatic carbocycles. The van der Waals surface area contributed by atoms with E-state index in [0.717, 1.165) is 35.5 Å². The lowest BCUT2D eigenvalue weighted by Gasteiger charge is -2.40. The molecule has 5 rings (SSSR count). The number of para-hydroxylation sites is 1. The third kappa shape index (κ3) is 3.59. The summed E-state index contributed by atoms with van der Waals surface area (Å²) >= 11 is 0. The lowest BCUT2D eigenvalue weighted by molar-refractivity contribution is 0.0597. The van der Waals surface area contributed by atoms with Crippen molar-refractivity contribution >= 4 is 17.5 Å². The highest BCUT2D eigenvalue weighted by Crippen LogP contribution is 2.38. The molecule has 1 unspecified atom stereocenters. The highest BCUT2D eigenvalue weighted by atomic mass is 16.2. The maximum absolute atomic E-state index is 12.9. The second-order valence-electron chi connectivity index (χ2n) is 8.11. The Hall–Kier alpha value is -3.51. The van der Waals surface area contributed by atoms with Crippen molar-refractivity contribution in [2.75, 3.05) is 31.5 Å². The van der Waals surface area contributed by atoms with Crippen molar-refractivity contribution < 1.29 is 9.59 Å². The maximum Gasteiger partial charge on any atom is 0.256 e. The van der Waals surface area contributed by atoms with E-state index in [-0.39, 0.29) is 17.9 Å². The SMILES string of the molecule is Cc1cncc(C(=O)N2CCN(C3c4ccccc4NC(=O)c4ccccc43)CC2)c1. The molecular formula is C25H24N4O2. The molecule has 31 heavy (non-hydrogen) atoms. The van der Waals surface area contributed by atoms with Gasteiger partial charge in [0.1, 0.15) is 0 Å². The predicted octanol–water partition coefficient (Wildman–Crippen LogP) is 3.50. The van der Waals surface area contributed by atoms with Crippen LogP contribution >= 0.6 is 0 Å². The van der Waals surface area contributed by atoms with Crippen LogP contribution in [0.1, 0.15) is 43.4 Å². The molecule has 0 saturated carbocycles. The summed E-state index contributed by atoms with van der Waals surface area (Å²) in [5, 5.41) is 3.06. The van der Waals surface area contributed by atoms with Gasteiger partial charge in [0.05, 0.1) is 11.6 Å². The van der Waals surface area contributed by atoms with E-state index in [9.17, 15) is 9.59 Å². The predicted molar refractivity (Wildman–Crippen MR) is 119 cm³/mol. The zero-order chi connectivity index (χ0) is 21.4. The smallest absolute Gasteiger partial charge is 0.256 e. The molecule has 2 aliphatic heterocycles. The number of nitrogens with one attached hydrogen (secondary N) is 1. The van der Waals surface area contributed by atoms with Crippen LogP contribution in [0.2, 0.25) is 0 Å². The average Bonchev–Trinajstić information content (AvgIpc) is 2.93. The Balaban J connectivity index is 1.43. The van der Waals surface area contributed by atoms with E-state index in [4.69, 9.17) is 0 Å². The fraction of sp³-hybridized carbons (Fsp3) is 0.240. The van der Waals surface area contributed by atoms with Crippen LogP contribution in [0.3, 0.4) is 0 Å². The molecule has 2 aliphatic rings. The summed E-state index contributed by atoms with van der Waals surface area (Å²) in [5.41, 5.74) is 5.25. The van der Waals surface area contributed by atoms with Crippen molar-refractivity contribution in [3.05, 3.63) is 94.8 Å².